The molecule has 33 heavy (non-hydrogen) atoms. The van der Waals surface area contributed by atoms with Crippen molar-refractivity contribution in [1.82, 2.24) is 14.3 Å². The van der Waals surface area contributed by atoms with E-state index in [1.165, 1.54) is 41.1 Å². The molecule has 2 N–H and O–H groups in total. The van der Waals surface area contributed by atoms with Gasteiger partial charge in [-0.15, -0.1) is 11.8 Å². The van der Waals surface area contributed by atoms with E-state index in [1.807, 2.05) is 0 Å². The van der Waals surface area contributed by atoms with Crippen LogP contribution in [0.25, 0.3) is 0 Å². The van der Waals surface area contributed by atoms with Gasteiger partial charge in [-0.1, -0.05) is 11.6 Å². The van der Waals surface area contributed by atoms with E-state index in [-0.39, 0.29) is 28.6 Å². The summed E-state index contributed by atoms with van der Waals surface area (Å²) in [5.74, 6) is -4.09. The van der Waals surface area contributed by atoms with E-state index in [0.29, 0.717) is 10.7 Å². The molecule has 2 aromatic carbocycles. The highest BCUT2D eigenvalue weighted by Crippen LogP contribution is 2.29. The van der Waals surface area contributed by atoms with Crippen LogP contribution in [0.1, 0.15) is 5.69 Å². The Balaban J connectivity index is 1.73. The summed E-state index contributed by atoms with van der Waals surface area (Å²) >= 11 is 6.89. The molecule has 0 aliphatic rings. The van der Waals surface area contributed by atoms with Crippen molar-refractivity contribution in [3.8, 4) is 5.75 Å². The molecule has 0 atom stereocenters. The van der Waals surface area contributed by atoms with Crippen molar-refractivity contribution in [3.05, 3.63) is 71.3 Å². The molecule has 0 unspecified atom stereocenters. The van der Waals surface area contributed by atoms with Crippen LogP contribution in [0.15, 0.2) is 58.7 Å². The van der Waals surface area contributed by atoms with Crippen LogP contribution >= 0.6 is 23.4 Å². The third-order valence-electron chi connectivity index (χ3n) is 4.27. The normalized spacial score (nSPS) is 11.6. The number of nitrogens with one attached hydrogen (secondary N) is 1. The molecule has 0 saturated heterocycles. The first-order chi connectivity index (χ1) is 15.7. The van der Waals surface area contributed by atoms with Crippen LogP contribution in [0, 0.1) is 11.6 Å². The maximum atomic E-state index is 14.1. The first-order valence-corrected chi connectivity index (χ1v) is 12.2. The van der Waals surface area contributed by atoms with Crippen LogP contribution < -0.4 is 4.74 Å². The molecule has 3 rings (SSSR count). The number of aliphatic carboxylic acids is 1. The average molecular weight is 518 g/mol. The monoisotopic (exact) mass is 517 g/mol. The van der Waals surface area contributed by atoms with Crippen molar-refractivity contribution in [2.24, 2.45) is 0 Å². The van der Waals surface area contributed by atoms with E-state index in [4.69, 9.17) is 16.7 Å². The number of hydrogen-bond donors (Lipinski definition) is 2. The smallest absolute Gasteiger partial charge is 0.341 e. The lowest BCUT2D eigenvalue weighted by Crippen LogP contribution is -2.32. The van der Waals surface area contributed by atoms with Crippen LogP contribution in [-0.4, -0.2) is 52.7 Å². The molecular weight excluding hydrogens is 500 g/mol. The van der Waals surface area contributed by atoms with Crippen LogP contribution in [0.5, 0.6) is 5.75 Å². The number of aromatic nitrogens is 2. The molecule has 0 bridgehead atoms. The van der Waals surface area contributed by atoms with Gasteiger partial charge < -0.3 is 14.8 Å². The fourth-order valence-electron chi connectivity index (χ4n) is 2.76. The third kappa shape index (κ3) is 6.67. The molecule has 3 aromatic rings. The maximum Gasteiger partial charge on any atom is 0.341 e. The molecule has 1 heterocycles. The van der Waals surface area contributed by atoms with Gasteiger partial charge in [0.25, 0.3) is 0 Å². The van der Waals surface area contributed by atoms with Gasteiger partial charge in [-0.3, -0.25) is 0 Å². The minimum Gasteiger partial charge on any atom is -0.479 e. The van der Waals surface area contributed by atoms with Crippen molar-refractivity contribution in [1.29, 1.82) is 0 Å². The van der Waals surface area contributed by atoms with Crippen LogP contribution in [0.4, 0.5) is 8.78 Å². The van der Waals surface area contributed by atoms with Gasteiger partial charge in [-0.25, -0.2) is 27.0 Å². The van der Waals surface area contributed by atoms with Crippen LogP contribution in [-0.2, 0) is 21.4 Å². The number of halogens is 3. The Morgan fingerprint density at radius 3 is 2.45 bits per heavy atom. The summed E-state index contributed by atoms with van der Waals surface area (Å²) in [6.45, 7) is -0.850. The highest BCUT2D eigenvalue weighted by atomic mass is 35.5. The zero-order valence-electron chi connectivity index (χ0n) is 16.9. The number of carbonyl (C=O) groups is 1. The summed E-state index contributed by atoms with van der Waals surface area (Å²) in [6.07, 6.45) is 2.93. The quantitative estimate of drug-likeness (QED) is 0.372. The number of ether oxygens (including phenoxy) is 1. The number of nitrogens with zero attached hydrogens (tertiary/aromatic N) is 2. The fourth-order valence-corrected chi connectivity index (χ4v) is 5.34. The second-order valence-electron chi connectivity index (χ2n) is 6.62. The molecule has 0 aliphatic carbocycles. The van der Waals surface area contributed by atoms with Gasteiger partial charge >= 0.3 is 5.97 Å². The molecule has 0 amide bonds. The lowest BCUT2D eigenvalue weighted by Gasteiger charge is -2.21. The SMILES string of the molecule is O=C(O)COc1c(F)cc(SCCN(Cc2cnc[nH]2)S(=O)(=O)c2ccc(Cl)cc2)cc1F. The molecule has 0 fully saturated rings. The Kier molecular flexibility index (Phi) is 8.30. The van der Waals surface area contributed by atoms with Gasteiger partial charge in [0.15, 0.2) is 24.0 Å². The zero-order valence-corrected chi connectivity index (χ0v) is 19.3. The first kappa shape index (κ1) is 25.0. The predicted octanol–water partition coefficient (Wildman–Crippen LogP) is 3.79. The summed E-state index contributed by atoms with van der Waals surface area (Å²) in [5.41, 5.74) is 0.564. The van der Waals surface area contributed by atoms with Crippen LogP contribution in [0.3, 0.4) is 0 Å². The highest BCUT2D eigenvalue weighted by molar-refractivity contribution is 7.99. The Morgan fingerprint density at radius 2 is 1.88 bits per heavy atom. The molecule has 1 aromatic heterocycles. The summed E-state index contributed by atoms with van der Waals surface area (Å²) in [4.78, 5) is 17.5. The number of carboxylic acids is 1. The van der Waals surface area contributed by atoms with Gasteiger partial charge in [0.1, 0.15) is 0 Å². The molecule has 0 saturated carbocycles. The van der Waals surface area contributed by atoms with Crippen LogP contribution in [0.2, 0.25) is 5.02 Å². The Hall–Kier alpha value is -2.67. The first-order valence-electron chi connectivity index (χ1n) is 9.36. The van der Waals surface area contributed by atoms with Gasteiger partial charge in [0.05, 0.1) is 17.8 Å². The fraction of sp³-hybridized carbons (Fsp3) is 0.200. The number of thioether (sulfide) groups is 1. The van der Waals surface area contributed by atoms with Gasteiger partial charge in [0.2, 0.25) is 10.0 Å². The molecular formula is C20H18ClF2N3O5S2. The van der Waals surface area contributed by atoms with Crippen molar-refractivity contribution < 1.29 is 31.8 Å². The van der Waals surface area contributed by atoms with E-state index in [0.717, 1.165) is 23.9 Å². The lowest BCUT2D eigenvalue weighted by molar-refractivity contribution is -0.139. The van der Waals surface area contributed by atoms with Crippen molar-refractivity contribution in [2.45, 2.75) is 16.3 Å². The zero-order chi connectivity index (χ0) is 24.0. The molecule has 0 radical (unpaired) electrons. The van der Waals surface area contributed by atoms with Gasteiger partial charge in [-0.2, -0.15) is 4.31 Å². The number of sulfonamides is 1. The molecule has 176 valence electrons. The summed E-state index contributed by atoms with van der Waals surface area (Å²) in [5, 5.41) is 8.99. The molecule has 8 nitrogen and oxygen atoms in total. The lowest BCUT2D eigenvalue weighted by atomic mass is 10.3. The number of hydrogen-bond acceptors (Lipinski definition) is 6. The van der Waals surface area contributed by atoms with Gasteiger partial charge in [0, 0.05) is 34.1 Å². The van der Waals surface area contributed by atoms with Crippen molar-refractivity contribution >= 4 is 39.4 Å². The number of benzene rings is 2. The van der Waals surface area contributed by atoms with E-state index in [2.05, 4.69) is 14.7 Å². The number of rotatable bonds is 11. The minimum absolute atomic E-state index is 0.0101. The minimum atomic E-state index is -3.90. The molecule has 0 spiro atoms. The standard InChI is InChI=1S/C20H18ClF2N3O5S2/c21-13-1-3-16(4-2-13)33(29,30)26(10-14-9-24-12-25-14)5-6-32-15-7-17(22)20(18(23)8-15)31-11-19(27)28/h1-4,7-9,12H,5-6,10-11H2,(H,24,25)(H,27,28). The second kappa shape index (κ2) is 11.0. The Bertz CT molecular complexity index is 1190. The summed E-state index contributed by atoms with van der Waals surface area (Å²) in [6, 6.07) is 7.72. The topological polar surface area (TPSA) is 113 Å². The number of imidazole rings is 1. The highest BCUT2D eigenvalue weighted by Gasteiger charge is 2.25. The number of aromatic amines is 1. The van der Waals surface area contributed by atoms with Gasteiger partial charge in [-0.05, 0) is 36.4 Å². The molecule has 0 aliphatic heterocycles. The van der Waals surface area contributed by atoms with E-state index in [1.54, 1.807) is 0 Å². The van der Waals surface area contributed by atoms with Crippen molar-refractivity contribution in [2.75, 3.05) is 18.9 Å². The molecule has 13 heteroatoms. The van der Waals surface area contributed by atoms with E-state index >= 15 is 0 Å². The Morgan fingerprint density at radius 1 is 1.21 bits per heavy atom. The van der Waals surface area contributed by atoms with E-state index in [9.17, 15) is 22.0 Å². The number of H-pyrrole nitrogens is 1. The summed E-state index contributed by atoms with van der Waals surface area (Å²) < 4.78 is 60.4. The Labute approximate surface area is 197 Å². The average Bonchev–Trinajstić information content (AvgIpc) is 3.26. The number of carboxylic acid groups (broad SMARTS) is 1. The second-order valence-corrected chi connectivity index (χ2v) is 10.2. The third-order valence-corrected chi connectivity index (χ3v) is 7.34. The summed E-state index contributed by atoms with van der Waals surface area (Å²) in [7, 11) is -3.90. The van der Waals surface area contributed by atoms with E-state index < -0.39 is 40.0 Å². The largest absolute Gasteiger partial charge is 0.479 e. The predicted molar refractivity (Wildman–Crippen MR) is 118 cm³/mol. The maximum absolute atomic E-state index is 14.1. The van der Waals surface area contributed by atoms with Crippen molar-refractivity contribution in [3.63, 3.8) is 0 Å².